The average molecular weight is 461 g/mol. The molecular formula is C18H18Cl2S2Zr. The standard InChI is InChI=1S/2C9H9S.2ClH.Zr/c2*1-6-5-8-3-4-10-9(8)7(6)2;;;/h2*4-5,9H,1-2H3;2*1H;/q;;;;+2/p-2/t2*9-;;;/m10.../s1. The van der Waals surface area contributed by atoms with Crippen LogP contribution in [0.5, 0.6) is 0 Å². The summed E-state index contributed by atoms with van der Waals surface area (Å²) in [5.74, 6) is 0. The molecule has 2 aliphatic heterocycles. The molecule has 23 heavy (non-hydrogen) atoms. The van der Waals surface area contributed by atoms with Crippen molar-refractivity contribution in [1.82, 2.24) is 0 Å². The van der Waals surface area contributed by atoms with E-state index in [4.69, 9.17) is 0 Å². The first-order chi connectivity index (χ1) is 10.1. The van der Waals surface area contributed by atoms with Gasteiger partial charge >= 0.3 is 148 Å². The van der Waals surface area contributed by atoms with E-state index in [1.807, 2.05) is 23.5 Å². The molecule has 0 bridgehead atoms. The Bertz CT molecular complexity index is 676. The van der Waals surface area contributed by atoms with E-state index in [-0.39, 0.29) is 24.8 Å². The molecule has 120 valence electrons. The van der Waals surface area contributed by atoms with Crippen LogP contribution in [0.15, 0.2) is 63.0 Å². The van der Waals surface area contributed by atoms with E-state index < -0.39 is 23.2 Å². The smallest absolute Gasteiger partial charge is 1.00 e. The predicted octanol–water partition coefficient (Wildman–Crippen LogP) is -0.457. The number of thioether (sulfide) groups is 2. The summed E-state index contributed by atoms with van der Waals surface area (Å²) in [7, 11) is 0. The van der Waals surface area contributed by atoms with Crippen LogP contribution in [0.2, 0.25) is 0 Å². The van der Waals surface area contributed by atoms with Gasteiger partial charge in [-0.2, -0.15) is 0 Å². The quantitative estimate of drug-likeness (QED) is 0.547. The van der Waals surface area contributed by atoms with Crippen molar-refractivity contribution in [3.05, 3.63) is 63.0 Å². The maximum atomic E-state index is 2.47. The van der Waals surface area contributed by atoms with Crippen LogP contribution >= 0.6 is 23.5 Å². The van der Waals surface area contributed by atoms with E-state index in [2.05, 4.69) is 50.7 Å². The molecular weight excluding hydrogens is 442 g/mol. The molecule has 0 saturated heterocycles. The van der Waals surface area contributed by atoms with Gasteiger partial charge in [-0.3, -0.25) is 0 Å². The Morgan fingerprint density at radius 1 is 0.739 bits per heavy atom. The summed E-state index contributed by atoms with van der Waals surface area (Å²) >= 11 is 3.41. The van der Waals surface area contributed by atoms with Gasteiger partial charge in [0.05, 0.1) is 0 Å². The minimum absolute atomic E-state index is 0. The van der Waals surface area contributed by atoms with Crippen LogP contribution in [0.4, 0.5) is 0 Å². The van der Waals surface area contributed by atoms with Gasteiger partial charge in [0.15, 0.2) is 0 Å². The molecule has 0 spiro atoms. The van der Waals surface area contributed by atoms with E-state index in [9.17, 15) is 0 Å². The van der Waals surface area contributed by atoms with Crippen LogP contribution in [0.3, 0.4) is 0 Å². The molecule has 0 aromatic heterocycles. The van der Waals surface area contributed by atoms with E-state index in [0.29, 0.717) is 10.5 Å². The summed E-state index contributed by atoms with van der Waals surface area (Å²) in [4.78, 5) is 0. The van der Waals surface area contributed by atoms with Gasteiger partial charge in [-0.1, -0.05) is 0 Å². The van der Waals surface area contributed by atoms with Gasteiger partial charge in [0.2, 0.25) is 0 Å². The Kier molecular flexibility index (Phi) is 6.46. The third kappa shape index (κ3) is 3.22. The van der Waals surface area contributed by atoms with Crippen molar-refractivity contribution in [2.45, 2.75) is 38.2 Å². The molecule has 0 N–H and O–H groups in total. The van der Waals surface area contributed by atoms with Crippen LogP contribution in [0, 0.1) is 0 Å². The fraction of sp³-hybridized carbons (Fsp3) is 0.333. The molecule has 0 radical (unpaired) electrons. The summed E-state index contributed by atoms with van der Waals surface area (Å²) in [5.41, 5.74) is 9.40. The van der Waals surface area contributed by atoms with Gasteiger partial charge < -0.3 is 24.8 Å². The number of halogens is 2. The SMILES string of the molecule is CC1=C(C)[C@@H]2SC=[C]([Zr+2][C]3=CS[C@H]4C3=CC(C)=C4C)C2=C1.[Cl-].[Cl-]. The molecule has 4 rings (SSSR count). The monoisotopic (exact) mass is 458 g/mol. The van der Waals surface area contributed by atoms with Crippen molar-refractivity contribution in [3.8, 4) is 0 Å². The summed E-state index contributed by atoms with van der Waals surface area (Å²) in [6.07, 6.45) is 4.90. The number of hydrogen-bond donors (Lipinski definition) is 0. The minimum atomic E-state index is -0.659. The second-order valence-electron chi connectivity index (χ2n) is 6.15. The molecule has 4 aliphatic rings. The zero-order valence-corrected chi connectivity index (χ0v) is 19.1. The van der Waals surface area contributed by atoms with Gasteiger partial charge in [-0.05, 0) is 0 Å². The van der Waals surface area contributed by atoms with Crippen LogP contribution in [0.25, 0.3) is 0 Å². The number of rotatable bonds is 2. The first-order valence-corrected chi connectivity index (χ1v) is 11.7. The first kappa shape index (κ1) is 19.9. The molecule has 0 nitrogen and oxygen atoms in total. The average Bonchev–Trinajstić information content (AvgIpc) is 3.15. The van der Waals surface area contributed by atoms with Crippen LogP contribution in [0.1, 0.15) is 27.7 Å². The summed E-state index contributed by atoms with van der Waals surface area (Å²) < 4.78 is 3.42. The van der Waals surface area contributed by atoms with Crippen molar-refractivity contribution in [1.29, 1.82) is 0 Å². The normalized spacial score (nSPS) is 27.5. The summed E-state index contributed by atoms with van der Waals surface area (Å²) in [5, 5.41) is 6.23. The summed E-state index contributed by atoms with van der Waals surface area (Å²) in [6.45, 7) is 9.13. The van der Waals surface area contributed by atoms with E-state index in [0.717, 1.165) is 0 Å². The van der Waals surface area contributed by atoms with Crippen LogP contribution in [-0.2, 0) is 23.2 Å². The van der Waals surface area contributed by atoms with Crippen molar-refractivity contribution < 1.29 is 48.0 Å². The van der Waals surface area contributed by atoms with Crippen molar-refractivity contribution in [2.24, 2.45) is 0 Å². The molecule has 5 heteroatoms. The molecule has 0 aromatic rings. The minimum Gasteiger partial charge on any atom is -1.00 e. The van der Waals surface area contributed by atoms with Gasteiger partial charge in [-0.15, -0.1) is 0 Å². The third-order valence-electron chi connectivity index (χ3n) is 4.87. The Hall–Kier alpha value is 0.603. The van der Waals surface area contributed by atoms with Crippen LogP contribution in [-0.4, -0.2) is 10.5 Å². The third-order valence-corrected chi connectivity index (χ3v) is 11.9. The first-order valence-electron chi connectivity index (χ1n) is 7.33. The van der Waals surface area contributed by atoms with E-state index in [1.54, 1.807) is 28.9 Å². The predicted molar refractivity (Wildman–Crippen MR) is 91.8 cm³/mol. The van der Waals surface area contributed by atoms with Gasteiger partial charge in [0, 0.05) is 0 Å². The zero-order chi connectivity index (χ0) is 14.7. The van der Waals surface area contributed by atoms with Gasteiger partial charge in [0.1, 0.15) is 0 Å². The topological polar surface area (TPSA) is 0 Å². The second kappa shape index (κ2) is 7.46. The largest absolute Gasteiger partial charge is 1.00 e. The Labute approximate surface area is 171 Å². The molecule has 0 fully saturated rings. The molecule has 0 saturated carbocycles. The molecule has 2 heterocycles. The zero-order valence-electron chi connectivity index (χ0n) is 13.5. The van der Waals surface area contributed by atoms with Gasteiger partial charge in [-0.25, -0.2) is 0 Å². The second-order valence-corrected chi connectivity index (χ2v) is 11.4. The molecule has 0 amide bonds. The van der Waals surface area contributed by atoms with E-state index in [1.165, 1.54) is 11.1 Å². The molecule has 2 aliphatic carbocycles. The van der Waals surface area contributed by atoms with Crippen molar-refractivity contribution >= 4 is 23.5 Å². The fourth-order valence-electron chi connectivity index (χ4n) is 3.27. The molecule has 0 unspecified atom stereocenters. The number of allylic oxidation sites excluding steroid dienone is 6. The van der Waals surface area contributed by atoms with Crippen LogP contribution < -0.4 is 24.8 Å². The fourth-order valence-corrected chi connectivity index (χ4v) is 10.5. The number of hydrogen-bond acceptors (Lipinski definition) is 2. The maximum Gasteiger partial charge on any atom is -1.00 e. The van der Waals surface area contributed by atoms with E-state index >= 15 is 0 Å². The molecule has 0 aromatic carbocycles. The Morgan fingerprint density at radius 2 is 1.13 bits per heavy atom. The summed E-state index contributed by atoms with van der Waals surface area (Å²) in [6, 6.07) is 0. The maximum absolute atomic E-state index is 2.47. The van der Waals surface area contributed by atoms with Gasteiger partial charge in [0.25, 0.3) is 0 Å². The Morgan fingerprint density at radius 3 is 1.52 bits per heavy atom. The molecule has 2 atom stereocenters. The number of fused-ring (bicyclic) bond motifs is 2. The van der Waals surface area contributed by atoms with Crippen molar-refractivity contribution in [2.75, 3.05) is 0 Å². The Balaban J connectivity index is 0.000000960. The van der Waals surface area contributed by atoms with Crippen molar-refractivity contribution in [3.63, 3.8) is 0 Å².